The Kier molecular flexibility index (Phi) is 3.36. The summed E-state index contributed by atoms with van der Waals surface area (Å²) in [6.07, 6.45) is 3.63. The fraction of sp³-hybridized carbons (Fsp3) is 0.762. The van der Waals surface area contributed by atoms with Crippen LogP contribution < -0.4 is 0 Å². The minimum absolute atomic E-state index is 0.107. The van der Waals surface area contributed by atoms with Crippen molar-refractivity contribution in [1.29, 1.82) is 0 Å². The summed E-state index contributed by atoms with van der Waals surface area (Å²) < 4.78 is 16.3. The average molecular weight is 390 g/mol. The van der Waals surface area contributed by atoms with Crippen LogP contribution in [-0.4, -0.2) is 48.4 Å². The van der Waals surface area contributed by atoms with Gasteiger partial charge in [0.15, 0.2) is 5.41 Å². The molecule has 28 heavy (non-hydrogen) atoms. The van der Waals surface area contributed by atoms with Crippen LogP contribution in [0.15, 0.2) is 12.2 Å². The van der Waals surface area contributed by atoms with E-state index in [1.54, 1.807) is 0 Å². The average Bonchev–Trinajstić information content (AvgIpc) is 3.07. The molecule has 7 nitrogen and oxygen atoms in total. The van der Waals surface area contributed by atoms with Crippen molar-refractivity contribution in [1.82, 2.24) is 0 Å². The lowest BCUT2D eigenvalue weighted by atomic mass is 9.59. The first kappa shape index (κ1) is 18.2. The molecule has 1 heterocycles. The predicted octanol–water partition coefficient (Wildman–Crippen LogP) is 1.52. The second-order valence-corrected chi connectivity index (χ2v) is 9.45. The molecule has 4 bridgehead atoms. The van der Waals surface area contributed by atoms with Gasteiger partial charge in [-0.3, -0.25) is 14.4 Å². The maximum atomic E-state index is 13.1. The molecule has 0 aromatic carbocycles. The van der Waals surface area contributed by atoms with Gasteiger partial charge >= 0.3 is 17.9 Å². The van der Waals surface area contributed by atoms with Gasteiger partial charge in [0, 0.05) is 11.8 Å². The molecule has 0 aromatic rings. The van der Waals surface area contributed by atoms with E-state index in [-0.39, 0.29) is 5.92 Å². The maximum absolute atomic E-state index is 13.1. The van der Waals surface area contributed by atoms with E-state index in [2.05, 4.69) is 6.58 Å². The summed E-state index contributed by atoms with van der Waals surface area (Å²) in [5.41, 5.74) is -3.23. The Morgan fingerprint density at radius 3 is 2.64 bits per heavy atom. The highest BCUT2D eigenvalue weighted by atomic mass is 16.6. The number of methoxy groups -OCH3 is 2. The number of rotatable bonds is 2. The molecule has 0 aromatic heterocycles. The summed E-state index contributed by atoms with van der Waals surface area (Å²) in [6.45, 7) is 4.10. The Bertz CT molecular complexity index is 820. The Morgan fingerprint density at radius 2 is 1.96 bits per heavy atom. The van der Waals surface area contributed by atoms with Crippen molar-refractivity contribution in [2.75, 3.05) is 14.2 Å². The van der Waals surface area contributed by atoms with Gasteiger partial charge in [-0.15, -0.1) is 0 Å². The topological polar surface area (TPSA) is 99.1 Å². The molecule has 4 saturated carbocycles. The van der Waals surface area contributed by atoms with Gasteiger partial charge in [-0.1, -0.05) is 6.58 Å². The van der Waals surface area contributed by atoms with Gasteiger partial charge in [0.05, 0.1) is 25.7 Å². The molecule has 0 unspecified atom stereocenters. The van der Waals surface area contributed by atoms with Gasteiger partial charge in [0.2, 0.25) is 0 Å². The molecule has 7 atom stereocenters. The lowest BCUT2D eigenvalue weighted by Crippen LogP contribution is -2.52. The zero-order chi connectivity index (χ0) is 20.1. The normalized spacial score (nSPS) is 50.6. The summed E-state index contributed by atoms with van der Waals surface area (Å²) in [4.78, 5) is 39.2. The van der Waals surface area contributed by atoms with Crippen molar-refractivity contribution in [2.45, 2.75) is 56.1 Å². The minimum Gasteiger partial charge on any atom is -0.469 e. The summed E-state index contributed by atoms with van der Waals surface area (Å²) in [5.74, 6) is -3.07. The van der Waals surface area contributed by atoms with Crippen LogP contribution in [0, 0.1) is 28.6 Å². The van der Waals surface area contributed by atoms with Crippen molar-refractivity contribution in [2.24, 2.45) is 28.6 Å². The Morgan fingerprint density at radius 1 is 1.21 bits per heavy atom. The number of carbonyl (C=O) groups excluding carboxylic acids is 3. The van der Waals surface area contributed by atoms with Crippen LogP contribution in [0.25, 0.3) is 0 Å². The van der Waals surface area contributed by atoms with Crippen LogP contribution in [0.1, 0.15) is 44.9 Å². The van der Waals surface area contributed by atoms with E-state index in [0.29, 0.717) is 44.9 Å². The summed E-state index contributed by atoms with van der Waals surface area (Å²) in [6, 6.07) is 0. The van der Waals surface area contributed by atoms with Crippen LogP contribution >= 0.6 is 0 Å². The molecule has 1 N–H and O–H groups in total. The van der Waals surface area contributed by atoms with Gasteiger partial charge in [-0.2, -0.15) is 0 Å². The Hall–Kier alpha value is -1.89. The highest BCUT2D eigenvalue weighted by Crippen LogP contribution is 2.78. The second kappa shape index (κ2) is 5.17. The molecule has 5 rings (SSSR count). The summed E-state index contributed by atoms with van der Waals surface area (Å²) >= 11 is 0. The van der Waals surface area contributed by atoms with E-state index in [1.807, 2.05) is 0 Å². The Labute approximate surface area is 163 Å². The fourth-order valence-corrected chi connectivity index (χ4v) is 7.98. The van der Waals surface area contributed by atoms with Gasteiger partial charge < -0.3 is 19.3 Å². The number of carbonyl (C=O) groups is 3. The Balaban J connectivity index is 1.76. The van der Waals surface area contributed by atoms with E-state index in [1.165, 1.54) is 14.2 Å². The lowest BCUT2D eigenvalue weighted by Gasteiger charge is -2.45. The maximum Gasteiger partial charge on any atom is 0.324 e. The number of fused-ring (bicyclic) bond motifs is 1. The van der Waals surface area contributed by atoms with E-state index in [0.717, 1.165) is 5.57 Å². The monoisotopic (exact) mass is 390 g/mol. The third kappa shape index (κ3) is 1.66. The largest absolute Gasteiger partial charge is 0.469 e. The number of hydrogen-bond donors (Lipinski definition) is 1. The van der Waals surface area contributed by atoms with Gasteiger partial charge in [-0.25, -0.2) is 0 Å². The summed E-state index contributed by atoms with van der Waals surface area (Å²) in [7, 11) is 2.60. The van der Waals surface area contributed by atoms with Crippen molar-refractivity contribution in [3.63, 3.8) is 0 Å². The number of hydrogen-bond acceptors (Lipinski definition) is 7. The molecule has 0 amide bonds. The summed E-state index contributed by atoms with van der Waals surface area (Å²) in [5, 5.41) is 11.1. The molecule has 1 aliphatic heterocycles. The first-order chi connectivity index (χ1) is 13.2. The molecular formula is C21H26O7. The zero-order valence-electron chi connectivity index (χ0n) is 16.3. The van der Waals surface area contributed by atoms with Crippen LogP contribution in [0.5, 0.6) is 0 Å². The molecule has 1 saturated heterocycles. The molecular weight excluding hydrogens is 364 g/mol. The van der Waals surface area contributed by atoms with Crippen LogP contribution in [0.2, 0.25) is 0 Å². The second-order valence-electron chi connectivity index (χ2n) is 9.45. The standard InChI is InChI=1S/C21H26O7/c1-11-9-18-10-19(11,25)8-5-12(18)21-7-4-6-20(16(23)27-3,17(24)28-21)14(21)13(18)15(22)26-2/h12-14,25H,1,4-10H2,2-3H3/t12-,13-,14-,18+,19+,20-,21-/m1/s1. The first-order valence-corrected chi connectivity index (χ1v) is 10.0. The highest BCUT2D eigenvalue weighted by molar-refractivity contribution is 6.03. The van der Waals surface area contributed by atoms with Crippen molar-refractivity contribution in [3.05, 3.63) is 12.2 Å². The number of esters is 3. The smallest absolute Gasteiger partial charge is 0.324 e. The fourth-order valence-electron chi connectivity index (χ4n) is 7.98. The first-order valence-electron chi connectivity index (χ1n) is 10.0. The molecule has 7 heteroatoms. The van der Waals surface area contributed by atoms with Crippen LogP contribution in [0.3, 0.4) is 0 Å². The van der Waals surface area contributed by atoms with Gasteiger partial charge in [-0.05, 0) is 55.9 Å². The van der Waals surface area contributed by atoms with Crippen molar-refractivity contribution >= 4 is 17.9 Å². The van der Waals surface area contributed by atoms with Gasteiger partial charge in [0.1, 0.15) is 5.60 Å². The van der Waals surface area contributed by atoms with Crippen LogP contribution in [0.4, 0.5) is 0 Å². The minimum atomic E-state index is -1.47. The van der Waals surface area contributed by atoms with Gasteiger partial charge in [0.25, 0.3) is 0 Å². The molecule has 152 valence electrons. The quantitative estimate of drug-likeness (QED) is 0.330. The number of ether oxygens (including phenoxy) is 3. The molecule has 4 aliphatic carbocycles. The number of aliphatic hydroxyl groups is 1. The SMILES string of the molecule is C=C1C[C@]23C[C@@]1(O)CC[C@H]2[C@@]12CCC[C@@](C(=O)OC)(C(=O)O1)[C@H]2[C@@H]3C(=O)OC. The van der Waals surface area contributed by atoms with E-state index < -0.39 is 51.8 Å². The van der Waals surface area contributed by atoms with Crippen LogP contribution in [-0.2, 0) is 28.6 Å². The van der Waals surface area contributed by atoms with Crippen molar-refractivity contribution in [3.8, 4) is 0 Å². The van der Waals surface area contributed by atoms with Crippen molar-refractivity contribution < 1.29 is 33.7 Å². The van der Waals surface area contributed by atoms with E-state index in [9.17, 15) is 19.5 Å². The zero-order valence-corrected chi connectivity index (χ0v) is 16.3. The van der Waals surface area contributed by atoms with E-state index in [4.69, 9.17) is 14.2 Å². The molecule has 5 aliphatic rings. The third-order valence-corrected chi connectivity index (χ3v) is 8.75. The molecule has 5 fully saturated rings. The molecule has 1 spiro atoms. The van der Waals surface area contributed by atoms with E-state index >= 15 is 0 Å². The highest BCUT2D eigenvalue weighted by Gasteiger charge is 2.85. The molecule has 0 radical (unpaired) electrons. The predicted molar refractivity (Wildman–Crippen MR) is 94.6 cm³/mol. The third-order valence-electron chi connectivity index (χ3n) is 8.75. The lowest BCUT2D eigenvalue weighted by molar-refractivity contribution is -0.171.